The average Bonchev–Trinajstić information content (AvgIpc) is 2.27. The van der Waals surface area contributed by atoms with Gasteiger partial charge in [-0.2, -0.15) is 0 Å². The van der Waals surface area contributed by atoms with Gasteiger partial charge in [-0.1, -0.05) is 13.8 Å². The first kappa shape index (κ1) is 13.5. The largest absolute Gasteiger partial charge is 0.382 e. The van der Waals surface area contributed by atoms with Crippen LogP contribution >= 0.6 is 0 Å². The van der Waals surface area contributed by atoms with Crippen LogP contribution in [0.15, 0.2) is 11.1 Å². The van der Waals surface area contributed by atoms with Crippen LogP contribution in [0.2, 0.25) is 0 Å². The van der Waals surface area contributed by atoms with Gasteiger partial charge >= 0.3 is 0 Å². The monoisotopic (exact) mass is 281 g/mol. The maximum atomic E-state index is 11.6. The van der Waals surface area contributed by atoms with Crippen molar-refractivity contribution < 1.29 is 8.42 Å². The second kappa shape index (κ2) is 4.30. The molecule has 0 saturated heterocycles. The van der Waals surface area contributed by atoms with Crippen LogP contribution in [0, 0.1) is 0 Å². The van der Waals surface area contributed by atoms with Gasteiger partial charge in [-0.05, 0) is 12.0 Å². The number of rotatable bonds is 2. The molecule has 0 amide bonds. The number of fused-ring (bicyclic) bond motifs is 1. The number of pyridine rings is 1. The van der Waals surface area contributed by atoms with Crippen molar-refractivity contribution in [3.8, 4) is 0 Å². The molecule has 19 heavy (non-hydrogen) atoms. The molecule has 0 radical (unpaired) electrons. The van der Waals surface area contributed by atoms with E-state index in [0.717, 1.165) is 6.26 Å². The fourth-order valence-corrected chi connectivity index (χ4v) is 2.40. The van der Waals surface area contributed by atoms with Crippen molar-refractivity contribution >= 4 is 32.5 Å². The molecule has 0 spiro atoms. The van der Waals surface area contributed by atoms with Crippen LogP contribution in [0.5, 0.6) is 0 Å². The second-order valence-corrected chi connectivity index (χ2v) is 6.60. The number of nitrogens with two attached hydrogens (primary N) is 2. The predicted octanol–water partition coefficient (Wildman–Crippen LogP) is 0.716. The fourth-order valence-electron chi connectivity index (χ4n) is 1.80. The third-order valence-corrected chi connectivity index (χ3v) is 3.63. The lowest BCUT2D eigenvalue weighted by Gasteiger charge is -2.11. The fraction of sp³-hybridized carbons (Fsp3) is 0.364. The molecule has 0 saturated carbocycles. The smallest absolute Gasteiger partial charge is 0.220 e. The van der Waals surface area contributed by atoms with Crippen LogP contribution in [0.25, 0.3) is 10.9 Å². The number of anilines is 2. The summed E-state index contributed by atoms with van der Waals surface area (Å²) in [5.74, 6) is 0.188. The summed E-state index contributed by atoms with van der Waals surface area (Å²) in [4.78, 5) is 12.0. The van der Waals surface area contributed by atoms with Crippen molar-refractivity contribution in [1.29, 1.82) is 0 Å². The Bertz CT molecular complexity index is 755. The summed E-state index contributed by atoms with van der Waals surface area (Å²) in [6.45, 7) is 3.86. The summed E-state index contributed by atoms with van der Waals surface area (Å²) in [5.41, 5.74) is 12.4. The summed E-state index contributed by atoms with van der Waals surface area (Å²) < 4.78 is 23.2. The van der Waals surface area contributed by atoms with Gasteiger partial charge in [0.05, 0.1) is 5.69 Å². The van der Waals surface area contributed by atoms with Gasteiger partial charge in [0.25, 0.3) is 0 Å². The molecule has 0 aliphatic heterocycles. The SMILES string of the molecule is CC(C)c1nc(N)nc2c(N)nc(S(C)(=O)=O)cc12. The van der Waals surface area contributed by atoms with Crippen LogP contribution in [-0.4, -0.2) is 29.6 Å². The third kappa shape index (κ3) is 2.43. The molecular formula is C11H15N5O2S. The second-order valence-electron chi connectivity index (χ2n) is 4.64. The highest BCUT2D eigenvalue weighted by Gasteiger charge is 2.17. The first-order valence-electron chi connectivity index (χ1n) is 5.64. The molecule has 8 heteroatoms. The first-order chi connectivity index (χ1) is 8.70. The van der Waals surface area contributed by atoms with Crippen molar-refractivity contribution in [2.24, 2.45) is 0 Å². The Balaban J connectivity index is 2.93. The molecule has 0 atom stereocenters. The van der Waals surface area contributed by atoms with Gasteiger partial charge in [0.2, 0.25) is 5.95 Å². The van der Waals surface area contributed by atoms with Crippen LogP contribution < -0.4 is 11.5 Å². The van der Waals surface area contributed by atoms with Crippen molar-refractivity contribution in [3.05, 3.63) is 11.8 Å². The van der Waals surface area contributed by atoms with Gasteiger partial charge in [0.15, 0.2) is 20.7 Å². The Hall–Kier alpha value is -1.96. The maximum absolute atomic E-state index is 11.6. The summed E-state index contributed by atoms with van der Waals surface area (Å²) in [5, 5.41) is 0.477. The molecule has 0 aromatic carbocycles. The minimum atomic E-state index is -3.45. The van der Waals surface area contributed by atoms with Gasteiger partial charge in [-0.15, -0.1) is 0 Å². The molecule has 2 aromatic heterocycles. The normalized spacial score (nSPS) is 12.2. The molecule has 2 rings (SSSR count). The Morgan fingerprint density at radius 2 is 1.79 bits per heavy atom. The minimum absolute atomic E-state index is 0.0360. The molecule has 0 aliphatic rings. The molecule has 0 bridgehead atoms. The highest BCUT2D eigenvalue weighted by molar-refractivity contribution is 7.90. The molecule has 0 fully saturated rings. The molecule has 0 unspecified atom stereocenters. The van der Waals surface area contributed by atoms with Crippen molar-refractivity contribution in [2.45, 2.75) is 24.8 Å². The summed E-state index contributed by atoms with van der Waals surface area (Å²) in [6.07, 6.45) is 1.08. The zero-order valence-electron chi connectivity index (χ0n) is 10.9. The molecule has 0 aliphatic carbocycles. The standard InChI is InChI=1S/C11H15N5O2S/c1-5(2)8-6-4-7(19(3,17)18)14-10(12)9(6)16-11(13)15-8/h4-5H,1-3H3,(H2,12,14)(H2,13,15,16). The van der Waals surface area contributed by atoms with Crippen LogP contribution in [0.4, 0.5) is 11.8 Å². The van der Waals surface area contributed by atoms with Crippen LogP contribution in [0.1, 0.15) is 25.5 Å². The highest BCUT2D eigenvalue weighted by Crippen LogP contribution is 2.28. The van der Waals surface area contributed by atoms with E-state index in [1.807, 2.05) is 13.8 Å². The van der Waals surface area contributed by atoms with Crippen molar-refractivity contribution in [2.75, 3.05) is 17.7 Å². The minimum Gasteiger partial charge on any atom is -0.382 e. The van der Waals surface area contributed by atoms with E-state index in [1.165, 1.54) is 6.07 Å². The van der Waals surface area contributed by atoms with E-state index in [-0.39, 0.29) is 22.7 Å². The van der Waals surface area contributed by atoms with Crippen molar-refractivity contribution in [1.82, 2.24) is 15.0 Å². The Morgan fingerprint density at radius 1 is 1.16 bits per heavy atom. The summed E-state index contributed by atoms with van der Waals surface area (Å²) >= 11 is 0. The van der Waals surface area contributed by atoms with E-state index >= 15 is 0 Å². The summed E-state index contributed by atoms with van der Waals surface area (Å²) in [7, 11) is -3.45. The molecule has 2 aromatic rings. The third-order valence-electron chi connectivity index (χ3n) is 2.66. The number of hydrogen-bond acceptors (Lipinski definition) is 7. The maximum Gasteiger partial charge on any atom is 0.220 e. The summed E-state index contributed by atoms with van der Waals surface area (Å²) in [6, 6.07) is 1.44. The van der Waals surface area contributed by atoms with E-state index in [2.05, 4.69) is 15.0 Å². The van der Waals surface area contributed by atoms with Crippen LogP contribution in [-0.2, 0) is 9.84 Å². The predicted molar refractivity (Wildman–Crippen MR) is 73.4 cm³/mol. The van der Waals surface area contributed by atoms with E-state index < -0.39 is 9.84 Å². The number of sulfone groups is 1. The molecule has 7 nitrogen and oxygen atoms in total. The number of nitrogen functional groups attached to an aromatic ring is 2. The first-order valence-corrected chi connectivity index (χ1v) is 7.53. The van der Waals surface area contributed by atoms with E-state index in [1.54, 1.807) is 0 Å². The van der Waals surface area contributed by atoms with Gasteiger partial charge in [0.1, 0.15) is 5.52 Å². The lowest BCUT2D eigenvalue weighted by molar-refractivity contribution is 0.598. The topological polar surface area (TPSA) is 125 Å². The lowest BCUT2D eigenvalue weighted by atomic mass is 10.1. The number of aromatic nitrogens is 3. The van der Waals surface area contributed by atoms with E-state index in [4.69, 9.17) is 11.5 Å². The van der Waals surface area contributed by atoms with Crippen molar-refractivity contribution in [3.63, 3.8) is 0 Å². The lowest BCUT2D eigenvalue weighted by Crippen LogP contribution is -2.08. The Kier molecular flexibility index (Phi) is 3.05. The van der Waals surface area contributed by atoms with Gasteiger partial charge in [-0.25, -0.2) is 23.4 Å². The number of nitrogens with zero attached hydrogens (tertiary/aromatic N) is 3. The van der Waals surface area contributed by atoms with Gasteiger partial charge in [-0.3, -0.25) is 0 Å². The molecule has 2 heterocycles. The average molecular weight is 281 g/mol. The quantitative estimate of drug-likeness (QED) is 0.830. The van der Waals surface area contributed by atoms with Gasteiger partial charge < -0.3 is 11.5 Å². The zero-order chi connectivity index (χ0) is 14.4. The van der Waals surface area contributed by atoms with Gasteiger partial charge in [0, 0.05) is 11.6 Å². The van der Waals surface area contributed by atoms with Crippen LogP contribution in [0.3, 0.4) is 0 Å². The zero-order valence-corrected chi connectivity index (χ0v) is 11.7. The molecule has 4 N–H and O–H groups in total. The number of hydrogen-bond donors (Lipinski definition) is 2. The Labute approximate surface area is 111 Å². The van der Waals surface area contributed by atoms with E-state index in [9.17, 15) is 8.42 Å². The highest BCUT2D eigenvalue weighted by atomic mass is 32.2. The Morgan fingerprint density at radius 3 is 2.32 bits per heavy atom. The molecular weight excluding hydrogens is 266 g/mol. The molecule has 102 valence electrons. The van der Waals surface area contributed by atoms with E-state index in [0.29, 0.717) is 16.6 Å².